The van der Waals surface area contributed by atoms with Crippen molar-refractivity contribution in [3.05, 3.63) is 27.2 Å². The number of nitrogens with zero attached hydrogens (tertiary/aromatic N) is 1. The molecule has 1 fully saturated rings. The van der Waals surface area contributed by atoms with E-state index in [4.69, 9.17) is 39.5 Å². The molecule has 0 spiro atoms. The number of hydrogen-bond acceptors (Lipinski definition) is 2. The minimum atomic E-state index is -0.0601. The van der Waals surface area contributed by atoms with Crippen molar-refractivity contribution >= 4 is 40.7 Å². The minimum absolute atomic E-state index is 0.0426. The fourth-order valence-corrected chi connectivity index (χ4v) is 3.08. The summed E-state index contributed by atoms with van der Waals surface area (Å²) >= 11 is 17.8. The Kier molecular flexibility index (Phi) is 5.42. The zero-order chi connectivity index (χ0) is 14.7. The predicted octanol–water partition coefficient (Wildman–Crippen LogP) is 4.28. The average Bonchev–Trinajstić information content (AvgIpc) is 2.38. The molecule has 0 atom stereocenters. The molecule has 0 N–H and O–H groups in total. The van der Waals surface area contributed by atoms with E-state index < -0.39 is 0 Å². The first-order valence-corrected chi connectivity index (χ1v) is 7.66. The van der Waals surface area contributed by atoms with Crippen LogP contribution in [-0.4, -0.2) is 30.5 Å². The van der Waals surface area contributed by atoms with Crippen LogP contribution in [0, 0.1) is 5.92 Å². The smallest absolute Gasteiger partial charge is 0.260 e. The van der Waals surface area contributed by atoms with E-state index in [0.29, 0.717) is 26.7 Å². The summed E-state index contributed by atoms with van der Waals surface area (Å²) in [5, 5.41) is 1.05. The monoisotopic (exact) mass is 335 g/mol. The summed E-state index contributed by atoms with van der Waals surface area (Å²) in [4.78, 5) is 13.9. The van der Waals surface area contributed by atoms with Crippen molar-refractivity contribution in [1.29, 1.82) is 0 Å². The van der Waals surface area contributed by atoms with Crippen molar-refractivity contribution in [2.24, 2.45) is 5.92 Å². The van der Waals surface area contributed by atoms with Crippen LogP contribution in [0.5, 0.6) is 5.75 Å². The Morgan fingerprint density at radius 1 is 1.25 bits per heavy atom. The zero-order valence-corrected chi connectivity index (χ0v) is 13.4. The molecular weight excluding hydrogens is 321 g/mol. The quantitative estimate of drug-likeness (QED) is 0.824. The average molecular weight is 337 g/mol. The van der Waals surface area contributed by atoms with Gasteiger partial charge in [0.05, 0.1) is 10.0 Å². The molecule has 110 valence electrons. The van der Waals surface area contributed by atoms with E-state index >= 15 is 0 Å². The maximum atomic E-state index is 12.1. The summed E-state index contributed by atoms with van der Waals surface area (Å²) in [6.07, 6.45) is 2.07. The molecule has 0 aromatic heterocycles. The normalized spacial score (nSPS) is 16.3. The highest BCUT2D eigenvalue weighted by molar-refractivity contribution is 6.40. The molecule has 0 radical (unpaired) electrons. The van der Waals surface area contributed by atoms with E-state index in [2.05, 4.69) is 6.92 Å². The molecule has 1 heterocycles. The molecule has 0 bridgehead atoms. The second kappa shape index (κ2) is 6.88. The lowest BCUT2D eigenvalue weighted by Crippen LogP contribution is -2.40. The lowest BCUT2D eigenvalue weighted by Gasteiger charge is -2.30. The number of carbonyl (C=O) groups is 1. The summed E-state index contributed by atoms with van der Waals surface area (Å²) in [6.45, 7) is 3.71. The van der Waals surface area contributed by atoms with E-state index in [1.54, 1.807) is 0 Å². The molecule has 6 heteroatoms. The van der Waals surface area contributed by atoms with Crippen molar-refractivity contribution < 1.29 is 9.53 Å². The Balaban J connectivity index is 1.94. The number of hydrogen-bond donors (Lipinski definition) is 0. The number of halogens is 3. The molecule has 1 aliphatic rings. The van der Waals surface area contributed by atoms with Crippen LogP contribution in [0.1, 0.15) is 19.8 Å². The highest BCUT2D eigenvalue weighted by atomic mass is 35.5. The van der Waals surface area contributed by atoms with Gasteiger partial charge < -0.3 is 9.64 Å². The number of amides is 1. The van der Waals surface area contributed by atoms with Gasteiger partial charge in [0.25, 0.3) is 5.91 Å². The van der Waals surface area contributed by atoms with Crippen molar-refractivity contribution in [3.63, 3.8) is 0 Å². The van der Waals surface area contributed by atoms with Gasteiger partial charge in [0, 0.05) is 18.1 Å². The maximum absolute atomic E-state index is 12.1. The van der Waals surface area contributed by atoms with Gasteiger partial charge in [-0.05, 0) is 30.9 Å². The fraction of sp³-hybridized carbons (Fsp3) is 0.500. The zero-order valence-electron chi connectivity index (χ0n) is 11.2. The van der Waals surface area contributed by atoms with Crippen LogP contribution < -0.4 is 4.74 Å². The first-order chi connectivity index (χ1) is 9.47. The van der Waals surface area contributed by atoms with Crippen LogP contribution >= 0.6 is 34.8 Å². The van der Waals surface area contributed by atoms with Gasteiger partial charge in [-0.25, -0.2) is 0 Å². The highest BCUT2D eigenvalue weighted by Gasteiger charge is 2.21. The van der Waals surface area contributed by atoms with E-state index in [1.807, 2.05) is 4.90 Å². The number of rotatable bonds is 3. The molecular formula is C14H16Cl3NO2. The summed E-state index contributed by atoms with van der Waals surface area (Å²) in [5.41, 5.74) is 0. The topological polar surface area (TPSA) is 29.5 Å². The van der Waals surface area contributed by atoms with Crippen LogP contribution in [0.2, 0.25) is 15.1 Å². The largest absolute Gasteiger partial charge is 0.481 e. The Hall–Kier alpha value is -0.640. The molecule has 1 aliphatic heterocycles. The molecule has 3 nitrogen and oxygen atoms in total. The molecule has 1 amide bonds. The van der Waals surface area contributed by atoms with Crippen molar-refractivity contribution in [3.8, 4) is 5.75 Å². The maximum Gasteiger partial charge on any atom is 0.260 e. The molecule has 1 aromatic rings. The predicted molar refractivity (Wildman–Crippen MR) is 81.9 cm³/mol. The third-order valence-electron chi connectivity index (χ3n) is 3.44. The molecule has 1 saturated heterocycles. The fourth-order valence-electron chi connectivity index (χ4n) is 2.15. The molecule has 20 heavy (non-hydrogen) atoms. The van der Waals surface area contributed by atoms with Crippen molar-refractivity contribution in [2.75, 3.05) is 19.7 Å². The molecule has 2 rings (SSSR count). The second-order valence-corrected chi connectivity index (χ2v) is 6.30. The van der Waals surface area contributed by atoms with Gasteiger partial charge in [0.1, 0.15) is 0 Å². The lowest BCUT2D eigenvalue weighted by molar-refractivity contribution is -0.134. The first-order valence-electron chi connectivity index (χ1n) is 6.52. The van der Waals surface area contributed by atoms with Crippen LogP contribution in [-0.2, 0) is 4.79 Å². The number of ether oxygens (including phenoxy) is 1. The van der Waals surface area contributed by atoms with E-state index in [0.717, 1.165) is 25.9 Å². The van der Waals surface area contributed by atoms with Gasteiger partial charge in [-0.2, -0.15) is 0 Å². The first kappa shape index (κ1) is 15.7. The molecule has 0 aliphatic carbocycles. The number of benzene rings is 1. The third-order valence-corrected chi connectivity index (χ3v) is 4.22. The van der Waals surface area contributed by atoms with E-state index in [-0.39, 0.29) is 12.5 Å². The van der Waals surface area contributed by atoms with Crippen molar-refractivity contribution in [1.82, 2.24) is 4.90 Å². The summed E-state index contributed by atoms with van der Waals surface area (Å²) in [6, 6.07) is 3.08. The number of carbonyl (C=O) groups excluding carboxylic acids is 1. The Bertz CT molecular complexity index is 476. The van der Waals surface area contributed by atoms with Crippen LogP contribution in [0.4, 0.5) is 0 Å². The van der Waals surface area contributed by atoms with E-state index in [9.17, 15) is 4.79 Å². The van der Waals surface area contributed by atoms with Crippen LogP contribution in [0.25, 0.3) is 0 Å². The van der Waals surface area contributed by atoms with Gasteiger partial charge >= 0.3 is 0 Å². The molecule has 0 unspecified atom stereocenters. The summed E-state index contributed by atoms with van der Waals surface area (Å²) < 4.78 is 5.45. The van der Waals surface area contributed by atoms with Gasteiger partial charge in [-0.15, -0.1) is 0 Å². The SMILES string of the molecule is CC1CCN(C(=O)COc2c(Cl)cc(Cl)cc2Cl)CC1. The van der Waals surface area contributed by atoms with Crippen molar-refractivity contribution in [2.45, 2.75) is 19.8 Å². The molecule has 0 saturated carbocycles. The van der Waals surface area contributed by atoms with Crippen LogP contribution in [0.3, 0.4) is 0 Å². The van der Waals surface area contributed by atoms with E-state index in [1.165, 1.54) is 12.1 Å². The van der Waals surface area contributed by atoms with Gasteiger partial charge in [-0.3, -0.25) is 4.79 Å². The summed E-state index contributed by atoms with van der Waals surface area (Å²) in [5.74, 6) is 0.940. The highest BCUT2D eigenvalue weighted by Crippen LogP contribution is 2.35. The molecule has 1 aromatic carbocycles. The summed E-state index contributed by atoms with van der Waals surface area (Å²) in [7, 11) is 0. The Morgan fingerprint density at radius 2 is 1.80 bits per heavy atom. The van der Waals surface area contributed by atoms with Crippen LogP contribution in [0.15, 0.2) is 12.1 Å². The lowest BCUT2D eigenvalue weighted by atomic mass is 9.99. The number of likely N-dealkylation sites (tertiary alicyclic amines) is 1. The number of piperidine rings is 1. The van der Waals surface area contributed by atoms with Gasteiger partial charge in [0.2, 0.25) is 0 Å². The van der Waals surface area contributed by atoms with Gasteiger partial charge in [-0.1, -0.05) is 41.7 Å². The van der Waals surface area contributed by atoms with Gasteiger partial charge in [0.15, 0.2) is 12.4 Å². The third kappa shape index (κ3) is 3.94. The standard InChI is InChI=1S/C14H16Cl3NO2/c1-9-2-4-18(5-3-9)13(19)8-20-14-11(16)6-10(15)7-12(14)17/h6-7,9H,2-5,8H2,1H3. The minimum Gasteiger partial charge on any atom is -0.481 e. The Labute approximate surface area is 133 Å². The second-order valence-electron chi connectivity index (χ2n) is 5.05. The Morgan fingerprint density at radius 3 is 2.35 bits per heavy atom.